The fourth-order valence-electron chi connectivity index (χ4n) is 2.98. The summed E-state index contributed by atoms with van der Waals surface area (Å²) in [5.41, 5.74) is 1.42. The Bertz CT molecular complexity index is 518. The van der Waals surface area contributed by atoms with Gasteiger partial charge in [0.1, 0.15) is 18.9 Å². The van der Waals surface area contributed by atoms with Crippen molar-refractivity contribution in [3.8, 4) is 0 Å². The van der Waals surface area contributed by atoms with Gasteiger partial charge in [-0.3, -0.25) is 4.90 Å². The van der Waals surface area contributed by atoms with Crippen molar-refractivity contribution in [1.29, 1.82) is 0 Å². The molecule has 3 nitrogen and oxygen atoms in total. The van der Waals surface area contributed by atoms with Crippen LogP contribution in [0.15, 0.2) is 49.1 Å². The number of hydrogen-bond donors (Lipinski definition) is 0. The van der Waals surface area contributed by atoms with Crippen molar-refractivity contribution in [2.24, 2.45) is 7.05 Å². The van der Waals surface area contributed by atoms with Gasteiger partial charge in [0.15, 0.2) is 0 Å². The molecule has 1 aliphatic rings. The molecule has 0 radical (unpaired) electrons. The van der Waals surface area contributed by atoms with Gasteiger partial charge in [0.2, 0.25) is 6.33 Å². The van der Waals surface area contributed by atoms with Crippen molar-refractivity contribution in [2.75, 3.05) is 6.54 Å². The van der Waals surface area contributed by atoms with E-state index in [1.807, 2.05) is 0 Å². The van der Waals surface area contributed by atoms with E-state index in [9.17, 15) is 0 Å². The van der Waals surface area contributed by atoms with Crippen molar-refractivity contribution < 1.29 is 4.57 Å². The molecule has 0 spiro atoms. The number of benzene rings is 1. The second kappa shape index (κ2) is 5.57. The molecular weight excluding hydrogens is 234 g/mol. The molecule has 1 unspecified atom stereocenters. The van der Waals surface area contributed by atoms with Crippen LogP contribution in [0.3, 0.4) is 0 Å². The van der Waals surface area contributed by atoms with Gasteiger partial charge in [0.25, 0.3) is 0 Å². The molecule has 1 saturated heterocycles. The lowest BCUT2D eigenvalue weighted by atomic mass is 10.2. The quantitative estimate of drug-likeness (QED) is 0.762. The molecule has 100 valence electrons. The SMILES string of the molecule is C[n+]1ccn(CC2CCCN2Cc2ccccc2)c1. The number of imidazole rings is 1. The van der Waals surface area contributed by atoms with Crippen molar-refractivity contribution in [1.82, 2.24) is 9.47 Å². The maximum Gasteiger partial charge on any atom is 0.243 e. The summed E-state index contributed by atoms with van der Waals surface area (Å²) in [6, 6.07) is 11.5. The molecule has 1 aromatic heterocycles. The van der Waals surface area contributed by atoms with Crippen LogP contribution in [-0.2, 0) is 20.1 Å². The Kier molecular flexibility index (Phi) is 3.65. The standard InChI is InChI=1S/C16H22N3/c1-17-10-11-18(14-17)13-16-8-5-9-19(16)12-15-6-3-2-4-7-15/h2-4,6-7,10-11,14,16H,5,8-9,12-13H2,1H3/q+1. The topological polar surface area (TPSA) is 12.0 Å². The van der Waals surface area contributed by atoms with E-state index in [0.29, 0.717) is 6.04 Å². The van der Waals surface area contributed by atoms with Gasteiger partial charge in [-0.2, -0.15) is 0 Å². The lowest BCUT2D eigenvalue weighted by Crippen LogP contribution is -2.33. The normalized spacial score (nSPS) is 19.9. The van der Waals surface area contributed by atoms with Gasteiger partial charge >= 0.3 is 0 Å². The summed E-state index contributed by atoms with van der Waals surface area (Å²) in [5.74, 6) is 0. The van der Waals surface area contributed by atoms with Gasteiger partial charge in [-0.05, 0) is 24.9 Å². The van der Waals surface area contributed by atoms with Crippen molar-refractivity contribution in [2.45, 2.75) is 32.0 Å². The van der Waals surface area contributed by atoms with E-state index in [0.717, 1.165) is 13.1 Å². The average molecular weight is 256 g/mol. The van der Waals surface area contributed by atoms with Crippen LogP contribution in [-0.4, -0.2) is 22.1 Å². The van der Waals surface area contributed by atoms with Gasteiger partial charge < -0.3 is 0 Å². The first-order valence-electron chi connectivity index (χ1n) is 7.10. The molecule has 1 aromatic carbocycles. The summed E-state index contributed by atoms with van der Waals surface area (Å²) in [6.07, 6.45) is 9.08. The summed E-state index contributed by atoms with van der Waals surface area (Å²) in [6.45, 7) is 3.42. The Hall–Kier alpha value is -1.61. The highest BCUT2D eigenvalue weighted by Crippen LogP contribution is 2.21. The summed E-state index contributed by atoms with van der Waals surface area (Å²) in [7, 11) is 2.08. The monoisotopic (exact) mass is 256 g/mol. The average Bonchev–Trinajstić information content (AvgIpc) is 3.01. The van der Waals surface area contributed by atoms with Crippen molar-refractivity contribution in [3.05, 3.63) is 54.6 Å². The van der Waals surface area contributed by atoms with Gasteiger partial charge in [-0.1, -0.05) is 30.3 Å². The molecule has 1 fully saturated rings. The number of rotatable bonds is 4. The van der Waals surface area contributed by atoms with Crippen LogP contribution >= 0.6 is 0 Å². The second-order valence-corrected chi connectivity index (χ2v) is 5.53. The zero-order chi connectivity index (χ0) is 13.1. The van der Waals surface area contributed by atoms with E-state index in [1.165, 1.54) is 24.9 Å². The number of likely N-dealkylation sites (tertiary alicyclic amines) is 1. The molecule has 0 amide bonds. The van der Waals surface area contributed by atoms with E-state index in [-0.39, 0.29) is 0 Å². The maximum absolute atomic E-state index is 2.62. The van der Waals surface area contributed by atoms with Crippen LogP contribution in [0.1, 0.15) is 18.4 Å². The molecule has 0 saturated carbocycles. The molecule has 3 heteroatoms. The predicted octanol–water partition coefficient (Wildman–Crippen LogP) is 1.98. The Morgan fingerprint density at radius 1 is 1.26 bits per heavy atom. The maximum atomic E-state index is 2.62. The van der Waals surface area contributed by atoms with Gasteiger partial charge in [0.05, 0.1) is 7.05 Å². The van der Waals surface area contributed by atoms with Gasteiger partial charge in [-0.25, -0.2) is 9.13 Å². The smallest absolute Gasteiger partial charge is 0.243 e. The molecular formula is C16H22N3+. The Balaban J connectivity index is 1.65. The van der Waals surface area contributed by atoms with Crippen molar-refractivity contribution in [3.63, 3.8) is 0 Å². The highest BCUT2D eigenvalue weighted by Gasteiger charge is 2.26. The number of hydrogen-bond acceptors (Lipinski definition) is 1. The molecule has 2 heterocycles. The minimum absolute atomic E-state index is 0.674. The van der Waals surface area contributed by atoms with Gasteiger partial charge in [0, 0.05) is 12.6 Å². The first-order valence-corrected chi connectivity index (χ1v) is 7.10. The minimum atomic E-state index is 0.674. The van der Waals surface area contributed by atoms with Gasteiger partial charge in [-0.15, -0.1) is 0 Å². The Labute approximate surface area is 115 Å². The van der Waals surface area contributed by atoms with Crippen LogP contribution < -0.4 is 4.57 Å². The highest BCUT2D eigenvalue weighted by molar-refractivity contribution is 5.14. The molecule has 2 aromatic rings. The van der Waals surface area contributed by atoms with E-state index >= 15 is 0 Å². The first kappa shape index (κ1) is 12.4. The van der Waals surface area contributed by atoms with Crippen LogP contribution in [0.4, 0.5) is 0 Å². The Morgan fingerprint density at radius 3 is 2.84 bits per heavy atom. The molecule has 19 heavy (non-hydrogen) atoms. The lowest BCUT2D eigenvalue weighted by Gasteiger charge is -2.23. The molecule has 0 bridgehead atoms. The lowest BCUT2D eigenvalue weighted by molar-refractivity contribution is -0.671. The zero-order valence-electron chi connectivity index (χ0n) is 11.6. The third-order valence-electron chi connectivity index (χ3n) is 3.97. The van der Waals surface area contributed by atoms with E-state index in [4.69, 9.17) is 0 Å². The molecule has 1 atom stereocenters. The van der Waals surface area contributed by atoms with E-state index in [1.54, 1.807) is 0 Å². The molecule has 0 N–H and O–H groups in total. The molecule has 3 rings (SSSR count). The predicted molar refractivity (Wildman–Crippen MR) is 75.5 cm³/mol. The fraction of sp³-hybridized carbons (Fsp3) is 0.438. The van der Waals surface area contributed by atoms with E-state index in [2.05, 4.69) is 70.1 Å². The minimum Gasteiger partial charge on any atom is -0.292 e. The van der Waals surface area contributed by atoms with Crippen LogP contribution in [0, 0.1) is 0 Å². The number of aromatic nitrogens is 2. The summed E-state index contributed by atoms with van der Waals surface area (Å²) in [4.78, 5) is 2.62. The third-order valence-corrected chi connectivity index (χ3v) is 3.97. The highest BCUT2D eigenvalue weighted by atomic mass is 15.2. The number of aryl methyl sites for hydroxylation is 1. The first-order chi connectivity index (χ1) is 9.31. The molecule has 1 aliphatic heterocycles. The summed E-state index contributed by atoms with van der Waals surface area (Å²) >= 11 is 0. The van der Waals surface area contributed by atoms with Crippen molar-refractivity contribution >= 4 is 0 Å². The zero-order valence-corrected chi connectivity index (χ0v) is 11.6. The second-order valence-electron chi connectivity index (χ2n) is 5.53. The summed E-state index contributed by atoms with van der Waals surface area (Å²) in [5, 5.41) is 0. The largest absolute Gasteiger partial charge is 0.292 e. The third kappa shape index (κ3) is 3.04. The van der Waals surface area contributed by atoms with E-state index < -0.39 is 0 Å². The molecule has 0 aliphatic carbocycles. The Morgan fingerprint density at radius 2 is 2.11 bits per heavy atom. The summed E-state index contributed by atoms with van der Waals surface area (Å²) < 4.78 is 4.41. The van der Waals surface area contributed by atoms with Crippen LogP contribution in [0.25, 0.3) is 0 Å². The fourth-order valence-corrected chi connectivity index (χ4v) is 2.98. The number of nitrogens with zero attached hydrogens (tertiary/aromatic N) is 3. The van der Waals surface area contributed by atoms with Crippen LogP contribution in [0.2, 0.25) is 0 Å². The van der Waals surface area contributed by atoms with Crippen LogP contribution in [0.5, 0.6) is 0 Å².